The molecule has 0 spiro atoms. The van der Waals surface area contributed by atoms with Crippen molar-refractivity contribution in [2.45, 2.75) is 26.2 Å². The van der Waals surface area contributed by atoms with Crippen molar-refractivity contribution in [1.82, 2.24) is 4.98 Å². The van der Waals surface area contributed by atoms with Crippen LogP contribution in [-0.4, -0.2) is 4.98 Å². The van der Waals surface area contributed by atoms with Crippen molar-refractivity contribution < 1.29 is 0 Å². The van der Waals surface area contributed by atoms with Crippen molar-refractivity contribution in [3.05, 3.63) is 27.4 Å². The average molecular weight is 248 g/mol. The third-order valence-corrected chi connectivity index (χ3v) is 4.62. The summed E-state index contributed by atoms with van der Waals surface area (Å²) in [5.74, 6) is 0. The van der Waals surface area contributed by atoms with E-state index < -0.39 is 5.41 Å². The van der Waals surface area contributed by atoms with Gasteiger partial charge in [-0.15, -0.1) is 22.7 Å². The second-order valence-corrected chi connectivity index (χ2v) is 5.98. The second kappa shape index (κ2) is 4.00. The quantitative estimate of drug-likeness (QED) is 0.806. The van der Waals surface area contributed by atoms with Crippen LogP contribution in [-0.2, 0) is 5.41 Å². The summed E-state index contributed by atoms with van der Waals surface area (Å²) in [7, 11) is 0. The van der Waals surface area contributed by atoms with Gasteiger partial charge in [0.2, 0.25) is 0 Å². The molecule has 0 bridgehead atoms. The Morgan fingerprint density at radius 2 is 2.12 bits per heavy atom. The molecular weight excluding hydrogens is 236 g/mol. The molecule has 82 valence electrons. The van der Waals surface area contributed by atoms with E-state index in [9.17, 15) is 0 Å². The molecule has 2 heterocycles. The van der Waals surface area contributed by atoms with Crippen LogP contribution < -0.4 is 0 Å². The van der Waals surface area contributed by atoms with Crippen LogP contribution in [0.5, 0.6) is 0 Å². The fourth-order valence-corrected chi connectivity index (χ4v) is 3.20. The lowest BCUT2D eigenvalue weighted by molar-refractivity contribution is 0.680. The molecule has 16 heavy (non-hydrogen) atoms. The summed E-state index contributed by atoms with van der Waals surface area (Å²) < 4.78 is 0. The van der Waals surface area contributed by atoms with Gasteiger partial charge in [-0.1, -0.05) is 0 Å². The molecule has 0 atom stereocenters. The van der Waals surface area contributed by atoms with E-state index in [0.29, 0.717) is 0 Å². The Labute approximate surface area is 103 Å². The van der Waals surface area contributed by atoms with Crippen LogP contribution in [0.3, 0.4) is 0 Å². The van der Waals surface area contributed by atoms with Gasteiger partial charge in [0.05, 0.1) is 16.6 Å². The van der Waals surface area contributed by atoms with Gasteiger partial charge >= 0.3 is 0 Å². The van der Waals surface area contributed by atoms with Crippen molar-refractivity contribution in [1.29, 1.82) is 5.26 Å². The fourth-order valence-electron chi connectivity index (χ4n) is 1.35. The molecule has 0 saturated heterocycles. The first-order valence-electron chi connectivity index (χ1n) is 4.96. The lowest BCUT2D eigenvalue weighted by Gasteiger charge is -2.09. The topological polar surface area (TPSA) is 36.7 Å². The molecule has 0 radical (unpaired) electrons. The summed E-state index contributed by atoms with van der Waals surface area (Å²) in [5, 5.41) is 14.1. The molecular formula is C12H12N2S2. The second-order valence-electron chi connectivity index (χ2n) is 4.21. The van der Waals surface area contributed by atoms with Crippen LogP contribution in [0.15, 0.2) is 16.8 Å². The normalized spacial score (nSPS) is 11.4. The molecule has 0 N–H and O–H groups in total. The summed E-state index contributed by atoms with van der Waals surface area (Å²) in [6.45, 7) is 5.88. The molecule has 0 fully saturated rings. The maximum atomic E-state index is 9.06. The number of hydrogen-bond donors (Lipinski definition) is 0. The third-order valence-electron chi connectivity index (χ3n) is 2.41. The van der Waals surface area contributed by atoms with Crippen LogP contribution in [0.2, 0.25) is 0 Å². The smallest absolute Gasteiger partial charge is 0.113 e. The van der Waals surface area contributed by atoms with Crippen molar-refractivity contribution >= 4 is 22.7 Å². The molecule has 0 unspecified atom stereocenters. The highest BCUT2D eigenvalue weighted by Gasteiger charge is 2.24. The summed E-state index contributed by atoms with van der Waals surface area (Å²) >= 11 is 3.26. The zero-order valence-electron chi connectivity index (χ0n) is 9.44. The Balaban J connectivity index is 2.42. The number of aryl methyl sites for hydroxylation is 1. The van der Waals surface area contributed by atoms with Crippen molar-refractivity contribution in [3.63, 3.8) is 0 Å². The maximum Gasteiger partial charge on any atom is 0.113 e. The Bertz CT molecular complexity index is 543. The van der Waals surface area contributed by atoms with E-state index in [-0.39, 0.29) is 0 Å². The van der Waals surface area contributed by atoms with Gasteiger partial charge in [0, 0.05) is 5.38 Å². The molecule has 0 aliphatic rings. The van der Waals surface area contributed by atoms with Gasteiger partial charge < -0.3 is 0 Å². The fraction of sp³-hybridized carbons (Fsp3) is 0.333. The largest absolute Gasteiger partial charge is 0.239 e. The monoisotopic (exact) mass is 248 g/mol. The average Bonchev–Trinajstić information content (AvgIpc) is 2.85. The highest BCUT2D eigenvalue weighted by Crippen LogP contribution is 2.33. The molecule has 0 amide bonds. The Morgan fingerprint density at radius 1 is 1.38 bits per heavy atom. The minimum atomic E-state index is -0.492. The highest BCUT2D eigenvalue weighted by atomic mass is 32.1. The number of rotatable bonds is 2. The Morgan fingerprint density at radius 3 is 2.69 bits per heavy atom. The molecule has 2 rings (SSSR count). The maximum absolute atomic E-state index is 9.06. The summed E-state index contributed by atoms with van der Waals surface area (Å²) in [6.07, 6.45) is 0. The number of aromatic nitrogens is 1. The van der Waals surface area contributed by atoms with E-state index in [4.69, 9.17) is 5.26 Å². The number of thiazole rings is 1. The number of nitriles is 1. The van der Waals surface area contributed by atoms with Gasteiger partial charge in [-0.05, 0) is 37.8 Å². The van der Waals surface area contributed by atoms with Crippen LogP contribution in [0.4, 0.5) is 0 Å². The van der Waals surface area contributed by atoms with Crippen LogP contribution >= 0.6 is 22.7 Å². The summed E-state index contributed by atoms with van der Waals surface area (Å²) in [6, 6.07) is 4.37. The zero-order chi connectivity index (χ0) is 11.8. The molecule has 0 aliphatic carbocycles. The molecule has 0 saturated carbocycles. The predicted molar refractivity (Wildman–Crippen MR) is 68.8 cm³/mol. The number of nitrogens with zero attached hydrogens (tertiary/aromatic N) is 2. The Kier molecular flexibility index (Phi) is 2.83. The first-order chi connectivity index (χ1) is 7.54. The standard InChI is InChI=1S/C12H12N2S2/c1-8-4-5-15-10(8)9-6-16-11(14-9)12(2,3)7-13/h4-6H,1-3H3. The molecule has 2 aromatic heterocycles. The molecule has 4 heteroatoms. The molecule has 0 aromatic carbocycles. The SMILES string of the molecule is Cc1ccsc1-c1csc(C(C)(C)C#N)n1. The summed E-state index contributed by atoms with van der Waals surface area (Å²) in [5.41, 5.74) is 1.75. The minimum absolute atomic E-state index is 0.492. The van der Waals surface area contributed by atoms with E-state index in [1.165, 1.54) is 10.4 Å². The number of hydrogen-bond acceptors (Lipinski definition) is 4. The van der Waals surface area contributed by atoms with Crippen LogP contribution in [0, 0.1) is 18.3 Å². The van der Waals surface area contributed by atoms with E-state index in [1.807, 2.05) is 19.2 Å². The summed E-state index contributed by atoms with van der Waals surface area (Å²) in [4.78, 5) is 5.77. The third kappa shape index (κ3) is 1.89. The lowest BCUT2D eigenvalue weighted by atomic mass is 9.97. The van der Waals surface area contributed by atoms with Gasteiger partial charge in [-0.25, -0.2) is 4.98 Å². The van der Waals surface area contributed by atoms with Gasteiger partial charge in [-0.2, -0.15) is 5.26 Å². The number of thiophene rings is 1. The van der Waals surface area contributed by atoms with Crippen LogP contribution in [0.25, 0.3) is 10.6 Å². The molecule has 2 aromatic rings. The van der Waals surface area contributed by atoms with E-state index >= 15 is 0 Å². The zero-order valence-corrected chi connectivity index (χ0v) is 11.1. The van der Waals surface area contributed by atoms with E-state index in [1.54, 1.807) is 22.7 Å². The Hall–Kier alpha value is -1.18. The van der Waals surface area contributed by atoms with Gasteiger partial charge in [0.15, 0.2) is 0 Å². The lowest BCUT2D eigenvalue weighted by Crippen LogP contribution is -2.13. The van der Waals surface area contributed by atoms with Gasteiger partial charge in [-0.3, -0.25) is 0 Å². The molecule has 0 aliphatic heterocycles. The van der Waals surface area contributed by atoms with Crippen molar-refractivity contribution in [2.24, 2.45) is 0 Å². The van der Waals surface area contributed by atoms with Crippen molar-refractivity contribution in [2.75, 3.05) is 0 Å². The van der Waals surface area contributed by atoms with E-state index in [0.717, 1.165) is 10.7 Å². The predicted octanol–water partition coefficient (Wildman–Crippen LogP) is 3.98. The first-order valence-corrected chi connectivity index (χ1v) is 6.72. The van der Waals surface area contributed by atoms with Gasteiger partial charge in [0.25, 0.3) is 0 Å². The highest BCUT2D eigenvalue weighted by molar-refractivity contribution is 7.14. The van der Waals surface area contributed by atoms with Crippen molar-refractivity contribution in [3.8, 4) is 16.6 Å². The van der Waals surface area contributed by atoms with Gasteiger partial charge in [0.1, 0.15) is 10.4 Å². The molecule has 2 nitrogen and oxygen atoms in total. The van der Waals surface area contributed by atoms with Crippen LogP contribution in [0.1, 0.15) is 24.4 Å². The first kappa shape index (κ1) is 11.3. The van der Waals surface area contributed by atoms with E-state index in [2.05, 4.69) is 29.4 Å². The minimum Gasteiger partial charge on any atom is -0.239 e.